The first-order valence-electron chi connectivity index (χ1n) is 5.62. The van der Waals surface area contributed by atoms with E-state index in [1.54, 1.807) is 43.5 Å². The molecule has 0 saturated carbocycles. The van der Waals surface area contributed by atoms with Crippen LogP contribution in [0.1, 0.15) is 15.9 Å². The third kappa shape index (κ3) is 2.88. The summed E-state index contributed by atoms with van der Waals surface area (Å²) in [4.78, 5) is 11.8. The number of carbonyl (C=O) groups excluding carboxylic acids is 1. The SMILES string of the molecule is COc1ccc(OC(=O)c2ccc(C)cc2)cc1. The zero-order valence-electron chi connectivity index (χ0n) is 10.3. The van der Waals surface area contributed by atoms with Gasteiger partial charge in [-0.2, -0.15) is 0 Å². The average Bonchev–Trinajstić information content (AvgIpc) is 2.40. The minimum absolute atomic E-state index is 0.361. The van der Waals surface area contributed by atoms with Crippen molar-refractivity contribution < 1.29 is 14.3 Å². The maximum Gasteiger partial charge on any atom is 0.343 e. The smallest absolute Gasteiger partial charge is 0.343 e. The van der Waals surface area contributed by atoms with Crippen molar-refractivity contribution in [1.29, 1.82) is 0 Å². The molecule has 0 spiro atoms. The number of benzene rings is 2. The second-order valence-corrected chi connectivity index (χ2v) is 3.93. The molecule has 92 valence electrons. The summed E-state index contributed by atoms with van der Waals surface area (Å²) in [6.45, 7) is 1.97. The molecule has 0 saturated heterocycles. The molecule has 0 fully saturated rings. The van der Waals surface area contributed by atoms with E-state index in [9.17, 15) is 4.79 Å². The summed E-state index contributed by atoms with van der Waals surface area (Å²) in [7, 11) is 1.59. The average molecular weight is 242 g/mol. The van der Waals surface area contributed by atoms with Gasteiger partial charge in [0, 0.05) is 0 Å². The van der Waals surface area contributed by atoms with Gasteiger partial charge in [0.05, 0.1) is 12.7 Å². The standard InChI is InChI=1S/C15H14O3/c1-11-3-5-12(6-4-11)15(16)18-14-9-7-13(17-2)8-10-14/h3-10H,1-2H3. The molecule has 2 aromatic rings. The van der Waals surface area contributed by atoms with Crippen LogP contribution in [-0.4, -0.2) is 13.1 Å². The van der Waals surface area contributed by atoms with Crippen molar-refractivity contribution in [2.24, 2.45) is 0 Å². The van der Waals surface area contributed by atoms with Crippen molar-refractivity contribution in [1.82, 2.24) is 0 Å². The van der Waals surface area contributed by atoms with Crippen LogP contribution >= 0.6 is 0 Å². The molecule has 0 N–H and O–H groups in total. The lowest BCUT2D eigenvalue weighted by molar-refractivity contribution is 0.0734. The molecule has 0 aliphatic rings. The Hall–Kier alpha value is -2.29. The first-order valence-corrected chi connectivity index (χ1v) is 5.62. The van der Waals surface area contributed by atoms with E-state index >= 15 is 0 Å². The maximum absolute atomic E-state index is 11.8. The Morgan fingerprint density at radius 2 is 1.44 bits per heavy atom. The molecule has 0 heterocycles. The number of carbonyl (C=O) groups is 1. The highest BCUT2D eigenvalue weighted by atomic mass is 16.5. The van der Waals surface area contributed by atoms with Gasteiger partial charge in [-0.1, -0.05) is 17.7 Å². The van der Waals surface area contributed by atoms with Crippen molar-refractivity contribution in [2.75, 3.05) is 7.11 Å². The normalized spacial score (nSPS) is 9.89. The number of hydrogen-bond donors (Lipinski definition) is 0. The van der Waals surface area contributed by atoms with E-state index in [1.165, 1.54) is 0 Å². The van der Waals surface area contributed by atoms with Crippen LogP contribution in [0.2, 0.25) is 0 Å². The molecule has 0 radical (unpaired) electrons. The first-order chi connectivity index (χ1) is 8.69. The van der Waals surface area contributed by atoms with Gasteiger partial charge in [-0.3, -0.25) is 0 Å². The van der Waals surface area contributed by atoms with Gasteiger partial charge >= 0.3 is 5.97 Å². The van der Waals surface area contributed by atoms with Crippen molar-refractivity contribution in [3.63, 3.8) is 0 Å². The van der Waals surface area contributed by atoms with Crippen LogP contribution in [0.15, 0.2) is 48.5 Å². The largest absolute Gasteiger partial charge is 0.497 e. The second kappa shape index (κ2) is 5.36. The first kappa shape index (κ1) is 12.2. The quantitative estimate of drug-likeness (QED) is 0.612. The van der Waals surface area contributed by atoms with Crippen LogP contribution in [0.4, 0.5) is 0 Å². The summed E-state index contributed by atoms with van der Waals surface area (Å²) in [5.74, 6) is 0.867. The summed E-state index contributed by atoms with van der Waals surface area (Å²) < 4.78 is 10.3. The van der Waals surface area contributed by atoms with Gasteiger partial charge in [0.1, 0.15) is 11.5 Å². The highest BCUT2D eigenvalue weighted by Crippen LogP contribution is 2.18. The van der Waals surface area contributed by atoms with Crippen molar-refractivity contribution in [2.45, 2.75) is 6.92 Å². The molecule has 0 aliphatic carbocycles. The molecule has 0 aliphatic heterocycles. The van der Waals surface area contributed by atoms with E-state index in [0.717, 1.165) is 11.3 Å². The van der Waals surface area contributed by atoms with Gasteiger partial charge in [-0.25, -0.2) is 4.79 Å². The third-order valence-corrected chi connectivity index (χ3v) is 2.56. The molecule has 18 heavy (non-hydrogen) atoms. The Morgan fingerprint density at radius 3 is 2.00 bits per heavy atom. The molecule has 2 rings (SSSR count). The Labute approximate surface area is 106 Å². The van der Waals surface area contributed by atoms with E-state index in [2.05, 4.69) is 0 Å². The Kier molecular flexibility index (Phi) is 3.63. The number of ether oxygens (including phenoxy) is 2. The molecular weight excluding hydrogens is 228 g/mol. The fraction of sp³-hybridized carbons (Fsp3) is 0.133. The monoisotopic (exact) mass is 242 g/mol. The molecule has 3 nitrogen and oxygen atoms in total. The predicted octanol–water partition coefficient (Wildman–Crippen LogP) is 3.22. The molecule has 3 heteroatoms. The molecular formula is C15H14O3. The van der Waals surface area contributed by atoms with E-state index in [4.69, 9.17) is 9.47 Å². The van der Waals surface area contributed by atoms with Gasteiger partial charge in [0.15, 0.2) is 0 Å². The van der Waals surface area contributed by atoms with E-state index in [-0.39, 0.29) is 5.97 Å². The Morgan fingerprint density at radius 1 is 0.889 bits per heavy atom. The van der Waals surface area contributed by atoms with Crippen LogP contribution in [0.3, 0.4) is 0 Å². The highest BCUT2D eigenvalue weighted by molar-refractivity contribution is 5.91. The second-order valence-electron chi connectivity index (χ2n) is 3.93. The summed E-state index contributed by atoms with van der Waals surface area (Å²) in [6, 6.07) is 14.2. The van der Waals surface area contributed by atoms with Crippen molar-refractivity contribution in [3.05, 3.63) is 59.7 Å². The molecule has 2 aromatic carbocycles. The van der Waals surface area contributed by atoms with Gasteiger partial charge in [0.25, 0.3) is 0 Å². The zero-order chi connectivity index (χ0) is 13.0. The van der Waals surface area contributed by atoms with Crippen molar-refractivity contribution in [3.8, 4) is 11.5 Å². The predicted molar refractivity (Wildman–Crippen MR) is 69.1 cm³/mol. The molecule has 0 aromatic heterocycles. The zero-order valence-corrected chi connectivity index (χ0v) is 10.3. The van der Waals surface area contributed by atoms with Crippen LogP contribution in [0, 0.1) is 6.92 Å². The van der Waals surface area contributed by atoms with E-state index in [1.807, 2.05) is 19.1 Å². The topological polar surface area (TPSA) is 35.5 Å². The number of hydrogen-bond acceptors (Lipinski definition) is 3. The van der Waals surface area contributed by atoms with Gasteiger partial charge in [-0.15, -0.1) is 0 Å². The molecule has 0 amide bonds. The molecule has 0 atom stereocenters. The lowest BCUT2D eigenvalue weighted by Gasteiger charge is -2.05. The number of rotatable bonds is 3. The van der Waals surface area contributed by atoms with Gasteiger partial charge in [-0.05, 0) is 43.3 Å². The Balaban J connectivity index is 2.08. The third-order valence-electron chi connectivity index (χ3n) is 2.56. The van der Waals surface area contributed by atoms with Crippen molar-refractivity contribution >= 4 is 5.97 Å². The fourth-order valence-electron chi connectivity index (χ4n) is 1.50. The van der Waals surface area contributed by atoms with Crippen LogP contribution < -0.4 is 9.47 Å². The minimum atomic E-state index is -0.361. The van der Waals surface area contributed by atoms with E-state index in [0.29, 0.717) is 11.3 Å². The lowest BCUT2D eigenvalue weighted by atomic mass is 10.1. The summed E-state index contributed by atoms with van der Waals surface area (Å²) in [6.07, 6.45) is 0. The van der Waals surface area contributed by atoms with Crippen LogP contribution in [0.25, 0.3) is 0 Å². The van der Waals surface area contributed by atoms with Gasteiger partial charge < -0.3 is 9.47 Å². The van der Waals surface area contributed by atoms with Crippen LogP contribution in [-0.2, 0) is 0 Å². The summed E-state index contributed by atoms with van der Waals surface area (Å²) in [5, 5.41) is 0. The van der Waals surface area contributed by atoms with Crippen LogP contribution in [0.5, 0.6) is 11.5 Å². The Bertz CT molecular complexity index is 527. The number of methoxy groups -OCH3 is 1. The van der Waals surface area contributed by atoms with Gasteiger partial charge in [0.2, 0.25) is 0 Å². The summed E-state index contributed by atoms with van der Waals surface area (Å²) in [5.41, 5.74) is 1.65. The lowest BCUT2D eigenvalue weighted by Crippen LogP contribution is -2.08. The summed E-state index contributed by atoms with van der Waals surface area (Å²) >= 11 is 0. The van der Waals surface area contributed by atoms with E-state index < -0.39 is 0 Å². The minimum Gasteiger partial charge on any atom is -0.497 e. The maximum atomic E-state index is 11.8. The number of aryl methyl sites for hydroxylation is 1. The highest BCUT2D eigenvalue weighted by Gasteiger charge is 2.07. The fourth-order valence-corrected chi connectivity index (χ4v) is 1.50. The number of esters is 1. The molecule has 0 bridgehead atoms. The molecule has 0 unspecified atom stereocenters.